The second-order valence-corrected chi connectivity index (χ2v) is 6.17. The molecular weight excluding hydrogens is 352 g/mol. The van der Waals surface area contributed by atoms with Gasteiger partial charge in [-0.15, -0.1) is 12.4 Å². The number of carbonyl (C=O) groups is 1. The van der Waals surface area contributed by atoms with Crippen molar-refractivity contribution in [2.45, 2.75) is 13.0 Å². The summed E-state index contributed by atoms with van der Waals surface area (Å²) in [5.74, 6) is 0.759. The van der Waals surface area contributed by atoms with E-state index in [1.807, 2.05) is 49.4 Å². The maximum atomic E-state index is 12.2. The van der Waals surface area contributed by atoms with Gasteiger partial charge in [0, 0.05) is 25.7 Å². The molecule has 5 nitrogen and oxygen atoms in total. The van der Waals surface area contributed by atoms with Gasteiger partial charge in [0.25, 0.3) is 0 Å². The largest absolute Gasteiger partial charge is 0.468 e. The first-order valence-corrected chi connectivity index (χ1v) is 8.60. The van der Waals surface area contributed by atoms with Crippen LogP contribution in [0.4, 0.5) is 0 Å². The number of hydrogen-bond acceptors (Lipinski definition) is 4. The molecule has 1 aliphatic rings. The van der Waals surface area contributed by atoms with E-state index in [1.54, 1.807) is 12.3 Å². The molecule has 26 heavy (non-hydrogen) atoms. The van der Waals surface area contributed by atoms with Crippen molar-refractivity contribution in [1.82, 2.24) is 10.2 Å². The summed E-state index contributed by atoms with van der Waals surface area (Å²) in [6.07, 6.45) is 5.07. The molecule has 0 spiro atoms. The molecule has 140 valence electrons. The second-order valence-electron chi connectivity index (χ2n) is 6.17. The predicted octanol–water partition coefficient (Wildman–Crippen LogP) is 3.21. The molecule has 1 fully saturated rings. The van der Waals surface area contributed by atoms with Gasteiger partial charge in [-0.25, -0.2) is 0 Å². The van der Waals surface area contributed by atoms with Crippen molar-refractivity contribution in [3.63, 3.8) is 0 Å². The predicted molar refractivity (Wildman–Crippen MR) is 104 cm³/mol. The van der Waals surface area contributed by atoms with Crippen molar-refractivity contribution in [3.8, 4) is 0 Å². The van der Waals surface area contributed by atoms with Gasteiger partial charge in [-0.3, -0.25) is 9.69 Å². The lowest BCUT2D eigenvalue weighted by Gasteiger charge is -2.33. The van der Waals surface area contributed by atoms with Gasteiger partial charge in [0.2, 0.25) is 5.91 Å². The molecule has 1 amide bonds. The van der Waals surface area contributed by atoms with Gasteiger partial charge in [0.05, 0.1) is 25.5 Å². The summed E-state index contributed by atoms with van der Waals surface area (Å²) in [6.45, 7) is 5.63. The monoisotopic (exact) mass is 376 g/mol. The molecule has 1 saturated heterocycles. The van der Waals surface area contributed by atoms with Gasteiger partial charge in [-0.1, -0.05) is 29.8 Å². The Balaban J connectivity index is 0.00000243. The topological polar surface area (TPSA) is 54.7 Å². The fourth-order valence-electron chi connectivity index (χ4n) is 2.89. The van der Waals surface area contributed by atoms with Crippen LogP contribution in [0.25, 0.3) is 6.08 Å². The Hall–Kier alpha value is -2.08. The highest BCUT2D eigenvalue weighted by Crippen LogP contribution is 2.21. The van der Waals surface area contributed by atoms with Crippen LogP contribution in [0.5, 0.6) is 0 Å². The molecular formula is C20H25ClN2O3. The summed E-state index contributed by atoms with van der Waals surface area (Å²) in [5, 5.41) is 2.98. The molecule has 1 aromatic carbocycles. The third-order valence-electron chi connectivity index (χ3n) is 4.33. The minimum absolute atomic E-state index is 0. The van der Waals surface area contributed by atoms with Gasteiger partial charge in [-0.2, -0.15) is 0 Å². The lowest BCUT2D eigenvalue weighted by atomic mass is 10.1. The van der Waals surface area contributed by atoms with Gasteiger partial charge in [0.1, 0.15) is 5.76 Å². The molecule has 0 aliphatic carbocycles. The van der Waals surface area contributed by atoms with Crippen LogP contribution in [0, 0.1) is 6.92 Å². The lowest BCUT2D eigenvalue weighted by Crippen LogP contribution is -2.43. The van der Waals surface area contributed by atoms with E-state index in [-0.39, 0.29) is 24.4 Å². The Morgan fingerprint density at radius 3 is 2.62 bits per heavy atom. The van der Waals surface area contributed by atoms with E-state index in [4.69, 9.17) is 9.15 Å². The van der Waals surface area contributed by atoms with Crippen LogP contribution in [0.1, 0.15) is 22.9 Å². The number of rotatable bonds is 6. The summed E-state index contributed by atoms with van der Waals surface area (Å²) >= 11 is 0. The van der Waals surface area contributed by atoms with E-state index < -0.39 is 0 Å². The zero-order valence-electron chi connectivity index (χ0n) is 14.9. The molecule has 1 atom stereocenters. The van der Waals surface area contributed by atoms with Crippen LogP contribution in [0.3, 0.4) is 0 Å². The average molecular weight is 377 g/mol. The van der Waals surface area contributed by atoms with E-state index in [0.29, 0.717) is 19.8 Å². The van der Waals surface area contributed by atoms with Crippen LogP contribution < -0.4 is 5.32 Å². The quantitative estimate of drug-likeness (QED) is 0.786. The standard InChI is InChI=1S/C20H24N2O3.ClH/c1-16-4-6-17(7-5-16)8-9-20(23)21-15-18(19-3-2-12-25-19)22-10-13-24-14-11-22;/h2-9,12,18H,10-11,13-15H2,1H3,(H,21,23);1H/b9-8+;. The summed E-state index contributed by atoms with van der Waals surface area (Å²) in [4.78, 5) is 14.5. The van der Waals surface area contributed by atoms with E-state index in [1.165, 1.54) is 5.56 Å². The van der Waals surface area contributed by atoms with Crippen molar-refractivity contribution >= 4 is 24.4 Å². The SMILES string of the molecule is Cc1ccc(/C=C/C(=O)NCC(c2ccco2)N2CCOCC2)cc1.Cl. The number of amides is 1. The number of benzene rings is 1. The van der Waals surface area contributed by atoms with E-state index in [0.717, 1.165) is 24.4 Å². The molecule has 1 N–H and O–H groups in total. The summed E-state index contributed by atoms with van der Waals surface area (Å²) < 4.78 is 11.0. The Bertz CT molecular complexity index is 692. The molecule has 2 heterocycles. The van der Waals surface area contributed by atoms with Crippen LogP contribution in [-0.4, -0.2) is 43.7 Å². The third-order valence-corrected chi connectivity index (χ3v) is 4.33. The fourth-order valence-corrected chi connectivity index (χ4v) is 2.89. The Morgan fingerprint density at radius 2 is 1.96 bits per heavy atom. The first kappa shape index (κ1) is 20.2. The Morgan fingerprint density at radius 1 is 1.23 bits per heavy atom. The van der Waals surface area contributed by atoms with Crippen molar-refractivity contribution in [1.29, 1.82) is 0 Å². The number of carbonyl (C=O) groups excluding carboxylic acids is 1. The highest BCUT2D eigenvalue weighted by Gasteiger charge is 2.24. The molecule has 0 radical (unpaired) electrons. The van der Waals surface area contributed by atoms with Crippen molar-refractivity contribution in [3.05, 3.63) is 65.6 Å². The average Bonchev–Trinajstić information content (AvgIpc) is 3.17. The summed E-state index contributed by atoms with van der Waals surface area (Å²) in [7, 11) is 0. The molecule has 1 aromatic heterocycles. The molecule has 6 heteroatoms. The highest BCUT2D eigenvalue weighted by molar-refractivity contribution is 5.91. The maximum absolute atomic E-state index is 12.2. The van der Waals surface area contributed by atoms with Crippen LogP contribution in [0.2, 0.25) is 0 Å². The Labute approximate surface area is 160 Å². The van der Waals surface area contributed by atoms with Crippen LogP contribution in [-0.2, 0) is 9.53 Å². The Kier molecular flexibility index (Phi) is 7.91. The van der Waals surface area contributed by atoms with Gasteiger partial charge >= 0.3 is 0 Å². The summed E-state index contributed by atoms with van der Waals surface area (Å²) in [5.41, 5.74) is 2.21. The highest BCUT2D eigenvalue weighted by atomic mass is 35.5. The molecule has 0 saturated carbocycles. The minimum atomic E-state index is -0.106. The first-order chi connectivity index (χ1) is 12.2. The number of hydrogen-bond donors (Lipinski definition) is 1. The summed E-state index contributed by atoms with van der Waals surface area (Å²) in [6, 6.07) is 11.9. The number of ether oxygens (including phenoxy) is 1. The zero-order valence-corrected chi connectivity index (χ0v) is 15.7. The number of morpholine rings is 1. The number of furan rings is 1. The van der Waals surface area contributed by atoms with Crippen molar-refractivity contribution < 1.29 is 13.9 Å². The third kappa shape index (κ3) is 5.73. The van der Waals surface area contributed by atoms with Gasteiger partial charge in [-0.05, 0) is 30.7 Å². The number of halogens is 1. The molecule has 3 rings (SSSR count). The van der Waals surface area contributed by atoms with E-state index >= 15 is 0 Å². The number of nitrogens with zero attached hydrogens (tertiary/aromatic N) is 1. The van der Waals surface area contributed by atoms with Crippen LogP contribution in [0.15, 0.2) is 53.2 Å². The minimum Gasteiger partial charge on any atom is -0.468 e. The number of aryl methyl sites for hydroxylation is 1. The fraction of sp³-hybridized carbons (Fsp3) is 0.350. The van der Waals surface area contributed by atoms with Crippen molar-refractivity contribution in [2.75, 3.05) is 32.8 Å². The second kappa shape index (κ2) is 10.2. The molecule has 0 bridgehead atoms. The molecule has 2 aromatic rings. The number of nitrogens with one attached hydrogen (secondary N) is 1. The van der Waals surface area contributed by atoms with Gasteiger partial charge in [0.15, 0.2) is 0 Å². The van der Waals surface area contributed by atoms with E-state index in [9.17, 15) is 4.79 Å². The maximum Gasteiger partial charge on any atom is 0.244 e. The van der Waals surface area contributed by atoms with Crippen LogP contribution >= 0.6 is 12.4 Å². The van der Waals surface area contributed by atoms with Gasteiger partial charge < -0.3 is 14.5 Å². The van der Waals surface area contributed by atoms with Crippen molar-refractivity contribution in [2.24, 2.45) is 0 Å². The first-order valence-electron chi connectivity index (χ1n) is 8.60. The lowest BCUT2D eigenvalue weighted by molar-refractivity contribution is -0.116. The molecule has 1 unspecified atom stereocenters. The van der Waals surface area contributed by atoms with E-state index in [2.05, 4.69) is 10.2 Å². The smallest absolute Gasteiger partial charge is 0.244 e. The normalized spacial score (nSPS) is 16.2. The molecule has 1 aliphatic heterocycles. The zero-order chi connectivity index (χ0) is 17.5.